The van der Waals surface area contributed by atoms with E-state index in [0.717, 1.165) is 44.1 Å². The molecular formula is C21H23FN4OS. The maximum Gasteiger partial charge on any atom is 0.257 e. The zero-order valence-electron chi connectivity index (χ0n) is 15.8. The van der Waals surface area contributed by atoms with Crippen LogP contribution in [0.5, 0.6) is 0 Å². The van der Waals surface area contributed by atoms with E-state index in [1.165, 1.54) is 17.0 Å². The molecule has 1 aromatic carbocycles. The Morgan fingerprint density at radius 1 is 1.14 bits per heavy atom. The largest absolute Gasteiger partial charge is 0.336 e. The Morgan fingerprint density at radius 3 is 2.54 bits per heavy atom. The molecule has 0 spiro atoms. The van der Waals surface area contributed by atoms with Crippen LogP contribution in [0.15, 0.2) is 48.0 Å². The minimum Gasteiger partial charge on any atom is -0.336 e. The molecule has 1 fully saturated rings. The first-order valence-corrected chi connectivity index (χ1v) is 10.4. The van der Waals surface area contributed by atoms with E-state index in [1.54, 1.807) is 34.3 Å². The number of carbonyl (C=O) groups excluding carboxylic acids is 1. The van der Waals surface area contributed by atoms with Gasteiger partial charge in [0.25, 0.3) is 5.91 Å². The summed E-state index contributed by atoms with van der Waals surface area (Å²) < 4.78 is 15.0. The number of amides is 1. The van der Waals surface area contributed by atoms with Crippen LogP contribution >= 0.6 is 11.3 Å². The van der Waals surface area contributed by atoms with Crippen LogP contribution in [0.3, 0.4) is 0 Å². The van der Waals surface area contributed by atoms with E-state index in [-0.39, 0.29) is 11.7 Å². The Labute approximate surface area is 168 Å². The van der Waals surface area contributed by atoms with Gasteiger partial charge in [-0.2, -0.15) is 5.10 Å². The van der Waals surface area contributed by atoms with Gasteiger partial charge in [0.05, 0.1) is 23.1 Å². The molecular weight excluding hydrogens is 375 g/mol. The van der Waals surface area contributed by atoms with Crippen molar-refractivity contribution in [1.29, 1.82) is 0 Å². The van der Waals surface area contributed by atoms with Crippen LogP contribution in [0.1, 0.15) is 27.9 Å². The van der Waals surface area contributed by atoms with E-state index >= 15 is 0 Å². The van der Waals surface area contributed by atoms with Gasteiger partial charge in [-0.15, -0.1) is 11.3 Å². The Bertz CT molecular complexity index is 928. The molecule has 1 amide bonds. The Morgan fingerprint density at radius 2 is 1.89 bits per heavy atom. The van der Waals surface area contributed by atoms with Crippen molar-refractivity contribution in [2.24, 2.45) is 0 Å². The number of halogens is 1. The van der Waals surface area contributed by atoms with Crippen LogP contribution < -0.4 is 0 Å². The van der Waals surface area contributed by atoms with Crippen molar-refractivity contribution in [3.05, 3.63) is 69.9 Å². The maximum atomic E-state index is 13.2. The van der Waals surface area contributed by atoms with Crippen molar-refractivity contribution in [2.45, 2.75) is 19.9 Å². The molecule has 146 valence electrons. The molecule has 0 radical (unpaired) electrons. The average Bonchev–Trinajstić information content (AvgIpc) is 3.38. The summed E-state index contributed by atoms with van der Waals surface area (Å²) in [6.45, 7) is 6.13. The van der Waals surface area contributed by atoms with E-state index < -0.39 is 0 Å². The van der Waals surface area contributed by atoms with Gasteiger partial charge in [-0.05, 0) is 42.1 Å². The van der Waals surface area contributed by atoms with E-state index in [2.05, 4.69) is 27.5 Å². The summed E-state index contributed by atoms with van der Waals surface area (Å²) in [6.07, 6.45) is 2.32. The molecule has 0 unspecified atom stereocenters. The van der Waals surface area contributed by atoms with Gasteiger partial charge < -0.3 is 4.90 Å². The molecule has 28 heavy (non-hydrogen) atoms. The molecule has 2 aromatic heterocycles. The summed E-state index contributed by atoms with van der Waals surface area (Å²) in [6, 6.07) is 10.4. The third kappa shape index (κ3) is 3.86. The lowest BCUT2D eigenvalue weighted by Crippen LogP contribution is -2.48. The second kappa shape index (κ2) is 8.24. The summed E-state index contributed by atoms with van der Waals surface area (Å²) in [5.74, 6) is -0.258. The highest BCUT2D eigenvalue weighted by molar-refractivity contribution is 7.09. The van der Waals surface area contributed by atoms with E-state index in [0.29, 0.717) is 12.0 Å². The molecule has 0 bridgehead atoms. The molecule has 5 nitrogen and oxygen atoms in total. The van der Waals surface area contributed by atoms with Gasteiger partial charge in [-0.1, -0.05) is 13.0 Å². The number of thiophene rings is 1. The highest BCUT2D eigenvalue weighted by Gasteiger charge is 2.26. The third-order valence-electron chi connectivity index (χ3n) is 5.12. The van der Waals surface area contributed by atoms with E-state index in [4.69, 9.17) is 0 Å². The molecule has 3 heterocycles. The lowest BCUT2D eigenvalue weighted by Gasteiger charge is -2.34. The minimum atomic E-state index is -0.286. The van der Waals surface area contributed by atoms with Gasteiger partial charge in [0.15, 0.2) is 0 Å². The summed E-state index contributed by atoms with van der Waals surface area (Å²) in [5.41, 5.74) is 2.26. The Hall–Kier alpha value is -2.51. The fourth-order valence-electron chi connectivity index (χ4n) is 3.60. The lowest BCUT2D eigenvalue weighted by atomic mass is 10.1. The van der Waals surface area contributed by atoms with Crippen molar-refractivity contribution in [1.82, 2.24) is 19.6 Å². The number of hydrogen-bond acceptors (Lipinski definition) is 4. The Kier molecular flexibility index (Phi) is 5.54. The third-order valence-corrected chi connectivity index (χ3v) is 5.99. The number of carbonyl (C=O) groups is 1. The predicted molar refractivity (Wildman–Crippen MR) is 108 cm³/mol. The first-order chi connectivity index (χ1) is 13.7. The summed E-state index contributed by atoms with van der Waals surface area (Å²) in [4.78, 5) is 18.8. The highest BCUT2D eigenvalue weighted by atomic mass is 32.1. The van der Waals surface area contributed by atoms with Crippen LogP contribution in [0.25, 0.3) is 5.69 Å². The molecule has 0 N–H and O–H groups in total. The van der Waals surface area contributed by atoms with E-state index in [1.807, 2.05) is 11.8 Å². The monoisotopic (exact) mass is 398 g/mol. The quantitative estimate of drug-likeness (QED) is 0.660. The molecule has 3 aromatic rings. The molecule has 1 aliphatic heterocycles. The molecule has 7 heteroatoms. The van der Waals surface area contributed by atoms with Gasteiger partial charge >= 0.3 is 0 Å². The standard InChI is InChI=1S/C21H23FN4OS/c1-2-20-19(14-23-26(20)17-7-5-16(22)6-8-17)21(27)25-11-9-24(10-12-25)15-18-4-3-13-28-18/h3-8,13-14H,2,9-12,15H2,1H3. The molecule has 0 atom stereocenters. The normalized spacial score (nSPS) is 15.1. The number of hydrogen-bond donors (Lipinski definition) is 0. The van der Waals surface area contributed by atoms with Gasteiger partial charge in [-0.25, -0.2) is 9.07 Å². The smallest absolute Gasteiger partial charge is 0.257 e. The number of benzene rings is 1. The first-order valence-electron chi connectivity index (χ1n) is 9.52. The van der Waals surface area contributed by atoms with Gasteiger partial charge in [-0.3, -0.25) is 9.69 Å². The van der Waals surface area contributed by atoms with Gasteiger partial charge in [0, 0.05) is 37.6 Å². The second-order valence-corrected chi connectivity index (χ2v) is 7.93. The predicted octanol–water partition coefficient (Wildman–Crippen LogP) is 3.59. The number of nitrogens with zero attached hydrogens (tertiary/aromatic N) is 4. The van der Waals surface area contributed by atoms with Crippen molar-refractivity contribution < 1.29 is 9.18 Å². The van der Waals surface area contributed by atoms with Gasteiger partial charge in [0.1, 0.15) is 5.82 Å². The highest BCUT2D eigenvalue weighted by Crippen LogP contribution is 2.20. The van der Waals surface area contributed by atoms with Crippen molar-refractivity contribution in [3.8, 4) is 5.69 Å². The van der Waals surface area contributed by atoms with Crippen LogP contribution in [-0.2, 0) is 13.0 Å². The van der Waals surface area contributed by atoms with Crippen LogP contribution in [0, 0.1) is 5.82 Å². The van der Waals surface area contributed by atoms with Crippen molar-refractivity contribution in [2.75, 3.05) is 26.2 Å². The molecule has 0 aliphatic carbocycles. The fourth-order valence-corrected chi connectivity index (χ4v) is 4.35. The number of aromatic nitrogens is 2. The minimum absolute atomic E-state index is 0.0287. The fraction of sp³-hybridized carbons (Fsp3) is 0.333. The van der Waals surface area contributed by atoms with Gasteiger partial charge in [0.2, 0.25) is 0 Å². The number of rotatable bonds is 5. The zero-order chi connectivity index (χ0) is 19.5. The summed E-state index contributed by atoms with van der Waals surface area (Å²) in [7, 11) is 0. The van der Waals surface area contributed by atoms with Crippen LogP contribution in [-0.4, -0.2) is 51.7 Å². The van der Waals surface area contributed by atoms with Crippen molar-refractivity contribution >= 4 is 17.2 Å². The first kappa shape index (κ1) is 18.8. The lowest BCUT2D eigenvalue weighted by molar-refractivity contribution is 0.0628. The zero-order valence-corrected chi connectivity index (χ0v) is 16.7. The summed E-state index contributed by atoms with van der Waals surface area (Å²) in [5, 5.41) is 6.50. The number of piperazine rings is 1. The summed E-state index contributed by atoms with van der Waals surface area (Å²) >= 11 is 1.77. The van der Waals surface area contributed by atoms with E-state index in [9.17, 15) is 9.18 Å². The Balaban J connectivity index is 1.46. The second-order valence-electron chi connectivity index (χ2n) is 6.89. The average molecular weight is 399 g/mol. The SMILES string of the molecule is CCc1c(C(=O)N2CCN(Cc3cccs3)CC2)cnn1-c1ccc(F)cc1. The molecule has 0 saturated carbocycles. The van der Waals surface area contributed by atoms with Crippen LogP contribution in [0.4, 0.5) is 4.39 Å². The van der Waals surface area contributed by atoms with Crippen molar-refractivity contribution in [3.63, 3.8) is 0 Å². The molecule has 4 rings (SSSR count). The molecule has 1 saturated heterocycles. The topological polar surface area (TPSA) is 41.4 Å². The molecule has 1 aliphatic rings. The maximum absolute atomic E-state index is 13.2. The van der Waals surface area contributed by atoms with Crippen LogP contribution in [0.2, 0.25) is 0 Å².